The van der Waals surface area contributed by atoms with Crippen molar-refractivity contribution < 1.29 is 26.7 Å². The number of aromatic nitrogens is 2. The third-order valence-corrected chi connectivity index (χ3v) is 3.04. The summed E-state index contributed by atoms with van der Waals surface area (Å²) in [5, 5.41) is 0. The summed E-state index contributed by atoms with van der Waals surface area (Å²) in [7, 11) is 0. The van der Waals surface area contributed by atoms with Gasteiger partial charge in [-0.25, -0.2) is 22.5 Å². The lowest BCUT2D eigenvalue weighted by atomic mass is 10.1. The molecule has 24 heavy (non-hydrogen) atoms. The van der Waals surface area contributed by atoms with Crippen molar-refractivity contribution in [2.45, 2.75) is 0 Å². The molecule has 0 N–H and O–H groups in total. The lowest BCUT2D eigenvalue weighted by Crippen LogP contribution is -2.01. The summed E-state index contributed by atoms with van der Waals surface area (Å²) in [6.45, 7) is 0. The van der Waals surface area contributed by atoms with Gasteiger partial charge in [-0.2, -0.15) is 9.37 Å². The maximum Gasteiger partial charge on any atom is 0.322 e. The van der Waals surface area contributed by atoms with Crippen LogP contribution >= 0.6 is 0 Å². The van der Waals surface area contributed by atoms with E-state index in [2.05, 4.69) is 9.97 Å². The second-order valence-electron chi connectivity index (χ2n) is 4.63. The van der Waals surface area contributed by atoms with Crippen LogP contribution in [0.4, 0.5) is 22.0 Å². The Labute approximate surface area is 132 Å². The van der Waals surface area contributed by atoms with E-state index in [1.54, 1.807) is 0 Å². The molecule has 0 spiro atoms. The molecular formula is C16H7F5N2O. The third-order valence-electron chi connectivity index (χ3n) is 3.04. The van der Waals surface area contributed by atoms with Crippen molar-refractivity contribution in [3.8, 4) is 23.0 Å². The van der Waals surface area contributed by atoms with E-state index in [1.165, 1.54) is 36.5 Å². The number of hydrogen-bond acceptors (Lipinski definition) is 3. The quantitative estimate of drug-likeness (QED) is 0.397. The molecule has 0 aliphatic rings. The normalized spacial score (nSPS) is 10.7. The summed E-state index contributed by atoms with van der Waals surface area (Å²) in [6.07, 6.45) is 1.26. The van der Waals surface area contributed by atoms with Gasteiger partial charge in [-0.15, -0.1) is 0 Å². The number of rotatable bonds is 3. The van der Waals surface area contributed by atoms with Crippen LogP contribution in [0.15, 0.2) is 42.6 Å². The molecular weight excluding hydrogens is 331 g/mol. The van der Waals surface area contributed by atoms with Crippen LogP contribution in [0.5, 0.6) is 11.8 Å². The van der Waals surface area contributed by atoms with E-state index in [0.29, 0.717) is 17.3 Å². The van der Waals surface area contributed by atoms with Gasteiger partial charge >= 0.3 is 6.01 Å². The van der Waals surface area contributed by atoms with Crippen molar-refractivity contribution in [1.82, 2.24) is 9.97 Å². The first-order chi connectivity index (χ1) is 11.5. The molecule has 0 saturated carbocycles. The van der Waals surface area contributed by atoms with Gasteiger partial charge in [0.05, 0.1) is 5.69 Å². The van der Waals surface area contributed by atoms with Crippen LogP contribution in [-0.4, -0.2) is 9.97 Å². The van der Waals surface area contributed by atoms with Crippen molar-refractivity contribution in [1.29, 1.82) is 0 Å². The molecule has 122 valence electrons. The molecule has 0 aliphatic carbocycles. The smallest absolute Gasteiger partial charge is 0.322 e. The van der Waals surface area contributed by atoms with Gasteiger partial charge in [0.15, 0.2) is 17.4 Å². The van der Waals surface area contributed by atoms with Crippen molar-refractivity contribution >= 4 is 0 Å². The summed E-state index contributed by atoms with van der Waals surface area (Å²) in [5.74, 6) is -8.60. The summed E-state index contributed by atoms with van der Waals surface area (Å²) >= 11 is 0. The minimum absolute atomic E-state index is 0.309. The lowest BCUT2D eigenvalue weighted by Gasteiger charge is -2.08. The van der Waals surface area contributed by atoms with E-state index in [-0.39, 0.29) is 0 Å². The molecule has 1 heterocycles. The van der Waals surface area contributed by atoms with Gasteiger partial charge in [-0.05, 0) is 30.3 Å². The predicted molar refractivity (Wildman–Crippen MR) is 73.8 cm³/mol. The van der Waals surface area contributed by atoms with Gasteiger partial charge < -0.3 is 4.74 Å². The molecule has 3 nitrogen and oxygen atoms in total. The fourth-order valence-corrected chi connectivity index (χ4v) is 1.90. The number of nitrogens with zero attached hydrogens (tertiary/aromatic N) is 2. The van der Waals surface area contributed by atoms with Gasteiger partial charge in [0, 0.05) is 17.8 Å². The van der Waals surface area contributed by atoms with Crippen LogP contribution in [0.25, 0.3) is 11.3 Å². The molecule has 3 rings (SSSR count). The molecule has 3 aromatic rings. The highest BCUT2D eigenvalue weighted by Gasteiger charge is 2.21. The number of ether oxygens (including phenoxy) is 1. The van der Waals surface area contributed by atoms with E-state index < -0.39 is 40.8 Å². The molecule has 0 amide bonds. The van der Waals surface area contributed by atoms with E-state index in [4.69, 9.17) is 4.74 Å². The van der Waals surface area contributed by atoms with Crippen molar-refractivity contribution in [2.75, 3.05) is 0 Å². The molecule has 0 unspecified atom stereocenters. The second-order valence-corrected chi connectivity index (χ2v) is 4.63. The van der Waals surface area contributed by atoms with Crippen LogP contribution < -0.4 is 4.74 Å². The van der Waals surface area contributed by atoms with Crippen LogP contribution in [0.1, 0.15) is 0 Å². The van der Waals surface area contributed by atoms with Crippen LogP contribution in [0.2, 0.25) is 0 Å². The zero-order valence-corrected chi connectivity index (χ0v) is 11.7. The molecule has 8 heteroatoms. The molecule has 0 atom stereocenters. The van der Waals surface area contributed by atoms with Gasteiger partial charge in [0.25, 0.3) is 0 Å². The van der Waals surface area contributed by atoms with Gasteiger partial charge in [0.2, 0.25) is 11.6 Å². The van der Waals surface area contributed by atoms with Crippen LogP contribution in [0, 0.1) is 29.1 Å². The second kappa shape index (κ2) is 6.23. The minimum atomic E-state index is -2.00. The standard InChI is InChI=1S/C16H7F5N2O/c17-9-3-1-8(2-4-9)11-5-6-22-16(23-11)24-12-7-10(18)13(19)15(21)14(12)20/h1-7H. The zero-order valence-electron chi connectivity index (χ0n) is 11.7. The zero-order chi connectivity index (χ0) is 17.3. The highest BCUT2D eigenvalue weighted by Crippen LogP contribution is 2.28. The van der Waals surface area contributed by atoms with Gasteiger partial charge in [-0.1, -0.05) is 0 Å². The Kier molecular flexibility index (Phi) is 4.11. The van der Waals surface area contributed by atoms with E-state index in [0.717, 1.165) is 0 Å². The van der Waals surface area contributed by atoms with E-state index in [1.807, 2.05) is 0 Å². The van der Waals surface area contributed by atoms with E-state index in [9.17, 15) is 22.0 Å². The van der Waals surface area contributed by atoms with Gasteiger partial charge in [-0.3, -0.25) is 0 Å². The highest BCUT2D eigenvalue weighted by atomic mass is 19.2. The summed E-state index contributed by atoms with van der Waals surface area (Å²) in [4.78, 5) is 7.62. The molecule has 0 radical (unpaired) electrons. The van der Waals surface area contributed by atoms with Crippen molar-refractivity contribution in [2.24, 2.45) is 0 Å². The molecule has 0 fully saturated rings. The molecule has 2 aromatic carbocycles. The first kappa shape index (κ1) is 15.9. The number of hydrogen-bond donors (Lipinski definition) is 0. The largest absolute Gasteiger partial charge is 0.421 e. The van der Waals surface area contributed by atoms with Crippen LogP contribution in [0.3, 0.4) is 0 Å². The minimum Gasteiger partial charge on any atom is -0.421 e. The Morgan fingerprint density at radius 1 is 0.792 bits per heavy atom. The Hall–Kier alpha value is -3.03. The summed E-state index contributed by atoms with van der Waals surface area (Å²) in [5.41, 5.74) is 0.823. The SMILES string of the molecule is Fc1ccc(-c2ccnc(Oc3cc(F)c(F)c(F)c3F)n2)cc1. The highest BCUT2D eigenvalue weighted by molar-refractivity contribution is 5.58. The lowest BCUT2D eigenvalue weighted by molar-refractivity contribution is 0.360. The monoisotopic (exact) mass is 338 g/mol. The average Bonchev–Trinajstić information content (AvgIpc) is 2.59. The fourth-order valence-electron chi connectivity index (χ4n) is 1.90. The first-order valence-electron chi connectivity index (χ1n) is 6.55. The molecule has 0 aliphatic heterocycles. The number of halogens is 5. The van der Waals surface area contributed by atoms with Gasteiger partial charge in [0.1, 0.15) is 5.82 Å². The predicted octanol–water partition coefficient (Wildman–Crippen LogP) is 4.63. The van der Waals surface area contributed by atoms with Crippen molar-refractivity contribution in [3.05, 3.63) is 71.7 Å². The summed E-state index contributed by atoms with van der Waals surface area (Å²) in [6, 6.07) is 6.72. The maximum atomic E-state index is 13.6. The third kappa shape index (κ3) is 3.03. The number of benzene rings is 2. The fraction of sp³-hybridized carbons (Fsp3) is 0. The topological polar surface area (TPSA) is 35.0 Å². The Morgan fingerprint density at radius 3 is 2.21 bits per heavy atom. The van der Waals surface area contributed by atoms with Crippen LogP contribution in [-0.2, 0) is 0 Å². The Bertz CT molecular complexity index is 900. The first-order valence-corrected chi connectivity index (χ1v) is 6.55. The molecule has 0 saturated heterocycles. The van der Waals surface area contributed by atoms with E-state index >= 15 is 0 Å². The van der Waals surface area contributed by atoms with Crippen molar-refractivity contribution in [3.63, 3.8) is 0 Å². The Balaban J connectivity index is 1.95. The summed E-state index contributed by atoms with van der Waals surface area (Å²) < 4.78 is 70.7. The molecule has 1 aromatic heterocycles. The average molecular weight is 338 g/mol. The maximum absolute atomic E-state index is 13.6. The molecule has 0 bridgehead atoms. The Morgan fingerprint density at radius 2 is 1.50 bits per heavy atom.